The lowest BCUT2D eigenvalue weighted by Crippen LogP contribution is -2.36. The Labute approximate surface area is 138 Å². The highest BCUT2D eigenvalue weighted by Gasteiger charge is 2.43. The number of Topliss-reactive ketones (excluding diaryl/α,β-unsaturated/α-hetero) is 1. The number of aliphatic hydroxyl groups is 1. The van der Waals surface area contributed by atoms with Crippen LogP contribution in [0, 0.1) is 0 Å². The lowest BCUT2D eigenvalue weighted by atomic mass is 9.97. The average molecular weight is 338 g/mol. The summed E-state index contributed by atoms with van der Waals surface area (Å²) in [5.74, 6) is -2.47. The third-order valence-electron chi connectivity index (χ3n) is 3.47. The van der Waals surface area contributed by atoms with Crippen molar-refractivity contribution in [2.45, 2.75) is 19.9 Å². The van der Waals surface area contributed by atoms with Crippen LogP contribution in [0.2, 0.25) is 5.02 Å². The Morgan fingerprint density at radius 1 is 1.30 bits per heavy atom. The second-order valence-electron chi connectivity index (χ2n) is 5.01. The fourth-order valence-corrected chi connectivity index (χ4v) is 2.64. The van der Waals surface area contributed by atoms with Crippen molar-refractivity contribution >= 4 is 29.3 Å². The molecule has 0 saturated carbocycles. The van der Waals surface area contributed by atoms with Crippen molar-refractivity contribution in [2.75, 3.05) is 13.2 Å². The molecule has 1 aromatic rings. The second kappa shape index (κ2) is 6.83. The number of ketones is 1. The number of amides is 1. The molecule has 1 aromatic carbocycles. The largest absolute Gasteiger partial charge is 0.503 e. The van der Waals surface area contributed by atoms with Crippen LogP contribution in [0.5, 0.6) is 0 Å². The van der Waals surface area contributed by atoms with E-state index in [1.165, 1.54) is 6.92 Å². The van der Waals surface area contributed by atoms with E-state index in [0.29, 0.717) is 10.6 Å². The number of hydrogen-bond donors (Lipinski definition) is 1. The molecule has 122 valence electrons. The van der Waals surface area contributed by atoms with Gasteiger partial charge in [-0.3, -0.25) is 14.4 Å². The minimum atomic E-state index is -0.846. The van der Waals surface area contributed by atoms with E-state index in [1.54, 1.807) is 31.2 Å². The molecule has 0 saturated heterocycles. The summed E-state index contributed by atoms with van der Waals surface area (Å²) in [4.78, 5) is 37.0. The summed E-state index contributed by atoms with van der Waals surface area (Å²) in [7, 11) is 0. The lowest BCUT2D eigenvalue weighted by Gasteiger charge is -2.25. The molecule has 0 spiro atoms. The number of nitrogens with zero attached hydrogens (tertiary/aromatic N) is 1. The monoisotopic (exact) mass is 337 g/mol. The number of carbonyl (C=O) groups excluding carboxylic acids is 3. The van der Waals surface area contributed by atoms with Gasteiger partial charge in [-0.2, -0.15) is 0 Å². The van der Waals surface area contributed by atoms with E-state index in [2.05, 4.69) is 0 Å². The molecule has 1 atom stereocenters. The molecule has 0 fully saturated rings. The molecule has 1 aliphatic heterocycles. The molecular weight excluding hydrogens is 322 g/mol. The molecule has 23 heavy (non-hydrogen) atoms. The van der Waals surface area contributed by atoms with Crippen molar-refractivity contribution < 1.29 is 24.2 Å². The van der Waals surface area contributed by atoms with Gasteiger partial charge in [0.15, 0.2) is 11.5 Å². The first kappa shape index (κ1) is 17.0. The number of esters is 1. The topological polar surface area (TPSA) is 83.9 Å². The van der Waals surface area contributed by atoms with Crippen molar-refractivity contribution in [2.24, 2.45) is 0 Å². The van der Waals surface area contributed by atoms with Crippen LogP contribution in [0.4, 0.5) is 0 Å². The first-order chi connectivity index (χ1) is 10.9. The number of aliphatic hydroxyl groups excluding tert-OH is 1. The molecule has 7 heteroatoms. The molecule has 6 nitrogen and oxygen atoms in total. The van der Waals surface area contributed by atoms with Crippen molar-refractivity contribution in [3.8, 4) is 0 Å². The predicted octanol–water partition coefficient (Wildman–Crippen LogP) is 2.19. The quantitative estimate of drug-likeness (QED) is 0.833. The summed E-state index contributed by atoms with van der Waals surface area (Å²) in [6.45, 7) is 2.72. The molecule has 2 rings (SSSR count). The third-order valence-corrected chi connectivity index (χ3v) is 3.73. The minimum Gasteiger partial charge on any atom is -0.503 e. The van der Waals surface area contributed by atoms with Gasteiger partial charge >= 0.3 is 5.97 Å². The van der Waals surface area contributed by atoms with E-state index in [9.17, 15) is 19.5 Å². The van der Waals surface area contributed by atoms with Gasteiger partial charge in [0.2, 0.25) is 0 Å². The fourth-order valence-electron chi connectivity index (χ4n) is 2.51. The normalized spacial score (nSPS) is 17.6. The van der Waals surface area contributed by atoms with Gasteiger partial charge in [-0.05, 0) is 31.5 Å². The fraction of sp³-hybridized carbons (Fsp3) is 0.312. The van der Waals surface area contributed by atoms with Crippen molar-refractivity contribution in [3.05, 3.63) is 46.2 Å². The Morgan fingerprint density at radius 2 is 1.91 bits per heavy atom. The molecule has 1 heterocycles. The van der Waals surface area contributed by atoms with Gasteiger partial charge in [0.25, 0.3) is 5.91 Å². The zero-order chi connectivity index (χ0) is 17.1. The summed E-state index contributed by atoms with van der Waals surface area (Å²) in [5.41, 5.74) is 0.530. The van der Waals surface area contributed by atoms with Crippen LogP contribution in [-0.4, -0.2) is 40.8 Å². The summed E-state index contributed by atoms with van der Waals surface area (Å²) >= 11 is 5.85. The van der Waals surface area contributed by atoms with Crippen molar-refractivity contribution in [1.29, 1.82) is 0 Å². The summed E-state index contributed by atoms with van der Waals surface area (Å²) in [6, 6.07) is 5.65. The number of rotatable bonds is 5. The molecule has 0 radical (unpaired) electrons. The second-order valence-corrected chi connectivity index (χ2v) is 5.45. The minimum absolute atomic E-state index is 0.0402. The van der Waals surface area contributed by atoms with E-state index in [1.807, 2.05) is 0 Å². The maximum absolute atomic E-state index is 12.2. The van der Waals surface area contributed by atoms with Crippen LogP contribution >= 0.6 is 11.6 Å². The van der Waals surface area contributed by atoms with Crippen LogP contribution < -0.4 is 0 Å². The lowest BCUT2D eigenvalue weighted by molar-refractivity contribution is -0.148. The van der Waals surface area contributed by atoms with Crippen LogP contribution in [0.1, 0.15) is 25.5 Å². The first-order valence-corrected chi connectivity index (χ1v) is 7.40. The molecule has 1 N–H and O–H groups in total. The Kier molecular flexibility index (Phi) is 5.05. The molecule has 0 aliphatic carbocycles. The number of hydrogen-bond acceptors (Lipinski definition) is 5. The van der Waals surface area contributed by atoms with Crippen LogP contribution in [-0.2, 0) is 19.1 Å². The zero-order valence-electron chi connectivity index (χ0n) is 12.7. The molecule has 1 aliphatic rings. The Bertz CT molecular complexity index is 680. The van der Waals surface area contributed by atoms with E-state index >= 15 is 0 Å². The van der Waals surface area contributed by atoms with E-state index in [-0.39, 0.29) is 18.7 Å². The molecule has 0 aromatic heterocycles. The van der Waals surface area contributed by atoms with Gasteiger partial charge in [0.1, 0.15) is 6.54 Å². The molecular formula is C16H16ClNO5. The average Bonchev–Trinajstić information content (AvgIpc) is 2.73. The van der Waals surface area contributed by atoms with Crippen molar-refractivity contribution in [3.63, 3.8) is 0 Å². The highest BCUT2D eigenvalue weighted by atomic mass is 35.5. The summed E-state index contributed by atoms with van der Waals surface area (Å²) in [5, 5.41) is 10.5. The van der Waals surface area contributed by atoms with Gasteiger partial charge in [0, 0.05) is 5.02 Å². The van der Waals surface area contributed by atoms with E-state index in [4.69, 9.17) is 16.3 Å². The molecule has 1 unspecified atom stereocenters. The smallest absolute Gasteiger partial charge is 0.325 e. The maximum atomic E-state index is 12.2. The number of carbonyl (C=O) groups is 3. The van der Waals surface area contributed by atoms with E-state index in [0.717, 1.165) is 4.90 Å². The van der Waals surface area contributed by atoms with Crippen LogP contribution in [0.3, 0.4) is 0 Å². The number of ether oxygens (including phenoxy) is 1. The van der Waals surface area contributed by atoms with Crippen LogP contribution in [0.25, 0.3) is 0 Å². The van der Waals surface area contributed by atoms with Gasteiger partial charge in [-0.25, -0.2) is 0 Å². The Morgan fingerprint density at radius 3 is 2.43 bits per heavy atom. The summed E-state index contributed by atoms with van der Waals surface area (Å²) < 4.78 is 4.85. The van der Waals surface area contributed by atoms with Gasteiger partial charge in [-0.15, -0.1) is 0 Å². The summed E-state index contributed by atoms with van der Waals surface area (Å²) in [6.07, 6.45) is 0. The van der Waals surface area contributed by atoms with Gasteiger partial charge in [0.05, 0.1) is 18.2 Å². The standard InChI is InChI=1S/C16H16ClNO5/c1-3-23-12(20)8-18-14(10-4-6-11(17)7-5-10)13(9(2)19)15(21)16(18)22/h4-7,14,21H,3,8H2,1-2H3. The Balaban J connectivity index is 2.44. The highest BCUT2D eigenvalue weighted by molar-refractivity contribution is 6.30. The van der Waals surface area contributed by atoms with Crippen molar-refractivity contribution in [1.82, 2.24) is 4.90 Å². The van der Waals surface area contributed by atoms with E-state index < -0.39 is 29.5 Å². The van der Waals surface area contributed by atoms with Gasteiger partial charge in [-0.1, -0.05) is 23.7 Å². The molecule has 1 amide bonds. The highest BCUT2D eigenvalue weighted by Crippen LogP contribution is 2.37. The van der Waals surface area contributed by atoms with Crippen LogP contribution in [0.15, 0.2) is 35.6 Å². The Hall–Kier alpha value is -2.34. The predicted molar refractivity (Wildman–Crippen MR) is 82.9 cm³/mol. The number of benzene rings is 1. The first-order valence-electron chi connectivity index (χ1n) is 7.03. The SMILES string of the molecule is CCOC(=O)CN1C(=O)C(O)=C(C(C)=O)C1c1ccc(Cl)cc1. The maximum Gasteiger partial charge on any atom is 0.325 e. The number of halogens is 1. The third kappa shape index (κ3) is 3.37. The van der Waals surface area contributed by atoms with Gasteiger partial charge < -0.3 is 14.7 Å². The molecule has 0 bridgehead atoms. The zero-order valence-corrected chi connectivity index (χ0v) is 13.5.